The summed E-state index contributed by atoms with van der Waals surface area (Å²) in [6.45, 7) is 0. The predicted octanol–water partition coefficient (Wildman–Crippen LogP) is 3.59. The molecule has 0 unspecified atom stereocenters. The number of benzene rings is 2. The Hall–Kier alpha value is -2.76. The Labute approximate surface area is 197 Å². The number of hydrogen-bond acceptors (Lipinski definition) is 7. The number of carbonyl (C=O) groups is 1. The van der Waals surface area contributed by atoms with Gasteiger partial charge < -0.3 is 5.32 Å². The van der Waals surface area contributed by atoms with Gasteiger partial charge in [0.2, 0.25) is 15.2 Å². The summed E-state index contributed by atoms with van der Waals surface area (Å²) in [4.78, 5) is 12.9. The third kappa shape index (κ3) is 5.10. The van der Waals surface area contributed by atoms with Gasteiger partial charge in [0.05, 0.1) is 10.6 Å². The van der Waals surface area contributed by atoms with Crippen LogP contribution in [0.2, 0.25) is 0 Å². The molecule has 0 bridgehead atoms. The summed E-state index contributed by atoms with van der Waals surface area (Å²) >= 11 is 1.41. The van der Waals surface area contributed by atoms with Gasteiger partial charge in [0, 0.05) is 24.3 Å². The van der Waals surface area contributed by atoms with Crippen LogP contribution in [-0.4, -0.2) is 58.2 Å². The van der Waals surface area contributed by atoms with Crippen LogP contribution in [0.1, 0.15) is 42.5 Å². The molecule has 1 aliphatic carbocycles. The summed E-state index contributed by atoms with van der Waals surface area (Å²) < 4.78 is 29.1. The number of hydrogen-bond donors (Lipinski definition) is 1. The van der Waals surface area contributed by atoms with E-state index >= 15 is 0 Å². The van der Waals surface area contributed by atoms with E-state index in [0.29, 0.717) is 22.1 Å². The molecule has 1 N–H and O–H groups in total. The third-order valence-electron chi connectivity index (χ3n) is 5.85. The Morgan fingerprint density at radius 3 is 2.55 bits per heavy atom. The number of nitrogens with zero attached hydrogens (tertiary/aromatic N) is 5. The highest BCUT2D eigenvalue weighted by molar-refractivity contribution is 7.98. The van der Waals surface area contributed by atoms with Gasteiger partial charge in [-0.1, -0.05) is 37.1 Å². The van der Waals surface area contributed by atoms with Crippen LogP contribution in [0.3, 0.4) is 0 Å². The monoisotopic (exact) mass is 486 g/mol. The number of carbonyl (C=O) groups excluding carboxylic acids is 1. The highest BCUT2D eigenvalue weighted by Gasteiger charge is 2.29. The molecule has 2 aromatic carbocycles. The van der Waals surface area contributed by atoms with Crippen molar-refractivity contribution in [3.8, 4) is 5.69 Å². The SMILES string of the molecule is CSc1nnnn1-c1cccc(NC(=O)c2ccc(S(=O)(=O)N(C)C3CCCCC3)cc2)c1. The van der Waals surface area contributed by atoms with E-state index in [2.05, 4.69) is 20.8 Å². The van der Waals surface area contributed by atoms with Crippen LogP contribution < -0.4 is 5.32 Å². The zero-order valence-corrected chi connectivity index (χ0v) is 20.1. The minimum absolute atomic E-state index is 0.0332. The molecule has 0 saturated heterocycles. The van der Waals surface area contributed by atoms with E-state index in [1.54, 1.807) is 29.9 Å². The number of nitrogens with one attached hydrogen (secondary N) is 1. The number of rotatable bonds is 7. The number of sulfonamides is 1. The van der Waals surface area contributed by atoms with Crippen LogP contribution in [0.4, 0.5) is 5.69 Å². The van der Waals surface area contributed by atoms with Crippen molar-refractivity contribution in [2.24, 2.45) is 0 Å². The minimum atomic E-state index is -3.60. The van der Waals surface area contributed by atoms with E-state index in [-0.39, 0.29) is 16.8 Å². The van der Waals surface area contributed by atoms with Crippen LogP contribution in [0, 0.1) is 0 Å². The Morgan fingerprint density at radius 2 is 1.85 bits per heavy atom. The number of thioether (sulfide) groups is 1. The van der Waals surface area contributed by atoms with Crippen molar-refractivity contribution in [2.75, 3.05) is 18.6 Å². The predicted molar refractivity (Wildman–Crippen MR) is 127 cm³/mol. The van der Waals surface area contributed by atoms with E-state index in [9.17, 15) is 13.2 Å². The molecular formula is C22H26N6O3S2. The van der Waals surface area contributed by atoms with Crippen LogP contribution in [0.15, 0.2) is 58.6 Å². The van der Waals surface area contributed by atoms with Gasteiger partial charge in [-0.3, -0.25) is 4.79 Å². The summed E-state index contributed by atoms with van der Waals surface area (Å²) in [6.07, 6.45) is 6.92. The lowest BCUT2D eigenvalue weighted by atomic mass is 9.96. The van der Waals surface area contributed by atoms with Crippen molar-refractivity contribution in [1.29, 1.82) is 0 Å². The first-order valence-electron chi connectivity index (χ1n) is 10.7. The summed E-state index contributed by atoms with van der Waals surface area (Å²) in [7, 11) is -1.95. The van der Waals surface area contributed by atoms with Gasteiger partial charge in [-0.2, -0.15) is 8.99 Å². The second-order valence-corrected chi connectivity index (χ2v) is 10.7. The molecule has 33 heavy (non-hydrogen) atoms. The number of aromatic nitrogens is 4. The fraction of sp³-hybridized carbons (Fsp3) is 0.364. The second kappa shape index (κ2) is 10.0. The molecule has 1 aliphatic rings. The molecule has 0 aliphatic heterocycles. The lowest BCUT2D eigenvalue weighted by Gasteiger charge is -2.30. The zero-order valence-electron chi connectivity index (χ0n) is 18.5. The van der Waals surface area contributed by atoms with Crippen LogP contribution in [0.25, 0.3) is 5.69 Å². The fourth-order valence-corrected chi connectivity index (χ4v) is 5.82. The lowest BCUT2D eigenvalue weighted by molar-refractivity contribution is 0.102. The molecule has 1 fully saturated rings. The molecule has 9 nitrogen and oxygen atoms in total. The average Bonchev–Trinajstić information content (AvgIpc) is 3.33. The van der Waals surface area contributed by atoms with Crippen molar-refractivity contribution in [1.82, 2.24) is 24.5 Å². The molecule has 0 radical (unpaired) electrons. The average molecular weight is 487 g/mol. The Balaban J connectivity index is 1.47. The van der Waals surface area contributed by atoms with E-state index < -0.39 is 10.0 Å². The quantitative estimate of drug-likeness (QED) is 0.508. The van der Waals surface area contributed by atoms with Crippen molar-refractivity contribution >= 4 is 33.4 Å². The zero-order chi connectivity index (χ0) is 23.4. The van der Waals surface area contributed by atoms with Gasteiger partial charge in [-0.15, -0.1) is 5.10 Å². The number of tetrazole rings is 1. The van der Waals surface area contributed by atoms with Gasteiger partial charge in [0.15, 0.2) is 0 Å². The maximum atomic E-state index is 13.0. The minimum Gasteiger partial charge on any atom is -0.322 e. The van der Waals surface area contributed by atoms with Crippen molar-refractivity contribution < 1.29 is 13.2 Å². The van der Waals surface area contributed by atoms with Gasteiger partial charge >= 0.3 is 0 Å². The Kier molecular flexibility index (Phi) is 7.11. The molecule has 1 aromatic heterocycles. The third-order valence-corrected chi connectivity index (χ3v) is 8.40. The first kappa shape index (κ1) is 23.4. The van der Waals surface area contributed by atoms with Gasteiger partial charge in [-0.05, 0) is 72.0 Å². The lowest BCUT2D eigenvalue weighted by Crippen LogP contribution is -2.38. The van der Waals surface area contributed by atoms with Gasteiger partial charge in [0.25, 0.3) is 5.91 Å². The summed E-state index contributed by atoms with van der Waals surface area (Å²) in [5, 5.41) is 15.1. The number of amides is 1. The standard InChI is InChI=1S/C22H26N6O3S2/c1-27(18-8-4-3-5-9-18)33(30,31)20-13-11-16(12-14-20)21(29)23-17-7-6-10-19(15-17)28-22(32-2)24-25-26-28/h6-7,10-15,18H,3-5,8-9H2,1-2H3,(H,23,29). The smallest absolute Gasteiger partial charge is 0.255 e. The highest BCUT2D eigenvalue weighted by atomic mass is 32.2. The van der Waals surface area contributed by atoms with Gasteiger partial charge in [0.1, 0.15) is 0 Å². The van der Waals surface area contributed by atoms with E-state index in [1.165, 1.54) is 40.3 Å². The highest BCUT2D eigenvalue weighted by Crippen LogP contribution is 2.27. The molecule has 11 heteroatoms. The molecule has 1 heterocycles. The number of anilines is 1. The molecule has 0 spiro atoms. The Bertz CT molecular complexity index is 1220. The molecule has 1 amide bonds. The first-order valence-corrected chi connectivity index (χ1v) is 13.4. The summed E-state index contributed by atoms with van der Waals surface area (Å²) in [6, 6.07) is 13.3. The van der Waals surface area contributed by atoms with Crippen molar-refractivity contribution in [3.63, 3.8) is 0 Å². The van der Waals surface area contributed by atoms with Crippen molar-refractivity contribution in [2.45, 2.75) is 48.2 Å². The molecule has 3 aromatic rings. The van der Waals surface area contributed by atoms with Crippen molar-refractivity contribution in [3.05, 3.63) is 54.1 Å². The Morgan fingerprint density at radius 1 is 1.12 bits per heavy atom. The van der Waals surface area contributed by atoms with Crippen LogP contribution in [0.5, 0.6) is 0 Å². The second-order valence-electron chi connectivity index (χ2n) is 7.92. The largest absolute Gasteiger partial charge is 0.322 e. The fourth-order valence-electron chi connectivity index (χ4n) is 3.97. The van der Waals surface area contributed by atoms with E-state index in [1.807, 2.05) is 12.3 Å². The van der Waals surface area contributed by atoms with Crippen LogP contribution >= 0.6 is 11.8 Å². The maximum Gasteiger partial charge on any atom is 0.255 e. The molecule has 1 saturated carbocycles. The molecular weight excluding hydrogens is 460 g/mol. The summed E-state index contributed by atoms with van der Waals surface area (Å²) in [5.41, 5.74) is 1.66. The van der Waals surface area contributed by atoms with E-state index in [0.717, 1.165) is 32.1 Å². The molecule has 0 atom stereocenters. The van der Waals surface area contributed by atoms with Crippen LogP contribution in [-0.2, 0) is 10.0 Å². The molecule has 4 rings (SSSR count). The molecule has 174 valence electrons. The normalized spacial score (nSPS) is 15.0. The topological polar surface area (TPSA) is 110 Å². The first-order chi connectivity index (χ1) is 15.9. The van der Waals surface area contributed by atoms with Gasteiger partial charge in [-0.25, -0.2) is 8.42 Å². The summed E-state index contributed by atoms with van der Waals surface area (Å²) in [5.74, 6) is -0.335. The maximum absolute atomic E-state index is 13.0. The van der Waals surface area contributed by atoms with E-state index in [4.69, 9.17) is 0 Å².